The zero-order chi connectivity index (χ0) is 19.1. The molecule has 2 rings (SSSR count). The Morgan fingerprint density at radius 1 is 1.12 bits per heavy atom. The molecule has 0 bridgehead atoms. The maximum absolute atomic E-state index is 12.0. The molecule has 0 saturated carbocycles. The van der Waals surface area contributed by atoms with Crippen LogP contribution < -0.4 is 14.8 Å². The molecule has 2 amide bonds. The minimum Gasteiger partial charge on any atom is -0.493 e. The van der Waals surface area contributed by atoms with Crippen molar-refractivity contribution in [3.63, 3.8) is 0 Å². The Morgan fingerprint density at radius 2 is 1.81 bits per heavy atom. The van der Waals surface area contributed by atoms with Crippen molar-refractivity contribution < 1.29 is 19.1 Å². The number of benzene rings is 2. The average Bonchev–Trinajstić information content (AvgIpc) is 2.66. The average molecular weight is 353 g/mol. The fraction of sp³-hybridized carbons (Fsp3) is 0.211. The van der Waals surface area contributed by atoms with Gasteiger partial charge in [-0.3, -0.25) is 9.59 Å². The number of carbonyl (C=O) groups excluding carboxylic acids is 2. The van der Waals surface area contributed by atoms with Gasteiger partial charge in [-0.2, -0.15) is 5.26 Å². The molecule has 0 heterocycles. The quantitative estimate of drug-likeness (QED) is 0.860. The predicted molar refractivity (Wildman–Crippen MR) is 96.3 cm³/mol. The van der Waals surface area contributed by atoms with Crippen molar-refractivity contribution in [3.8, 4) is 17.6 Å². The zero-order valence-corrected chi connectivity index (χ0v) is 14.8. The molecule has 7 heteroatoms. The van der Waals surface area contributed by atoms with Crippen LogP contribution in [0.25, 0.3) is 0 Å². The minimum absolute atomic E-state index is 0.112. The highest BCUT2D eigenvalue weighted by Gasteiger charge is 2.10. The van der Waals surface area contributed by atoms with E-state index in [-0.39, 0.29) is 18.4 Å². The minimum atomic E-state index is -0.358. The third kappa shape index (κ3) is 4.74. The summed E-state index contributed by atoms with van der Waals surface area (Å²) in [5.74, 6) is 0.277. The second kappa shape index (κ2) is 8.53. The molecule has 26 heavy (non-hydrogen) atoms. The lowest BCUT2D eigenvalue weighted by atomic mass is 10.2. The van der Waals surface area contributed by atoms with Crippen molar-refractivity contribution >= 4 is 17.5 Å². The first-order valence-corrected chi connectivity index (χ1v) is 7.77. The van der Waals surface area contributed by atoms with Gasteiger partial charge in [0.15, 0.2) is 18.1 Å². The molecular weight excluding hydrogens is 334 g/mol. The van der Waals surface area contributed by atoms with E-state index in [4.69, 9.17) is 14.7 Å². The smallest absolute Gasteiger partial charge is 0.262 e. The van der Waals surface area contributed by atoms with Gasteiger partial charge in [0.2, 0.25) is 0 Å². The van der Waals surface area contributed by atoms with Crippen molar-refractivity contribution in [2.45, 2.75) is 0 Å². The third-order valence-corrected chi connectivity index (χ3v) is 3.47. The number of nitriles is 1. The van der Waals surface area contributed by atoms with Gasteiger partial charge in [-0.1, -0.05) is 0 Å². The van der Waals surface area contributed by atoms with Gasteiger partial charge in [0.1, 0.15) is 0 Å². The van der Waals surface area contributed by atoms with Crippen molar-refractivity contribution in [3.05, 3.63) is 53.6 Å². The molecule has 0 aliphatic rings. The first kappa shape index (κ1) is 18.8. The Bertz CT molecular complexity index is 839. The van der Waals surface area contributed by atoms with Crippen LogP contribution in [0.4, 0.5) is 5.69 Å². The van der Waals surface area contributed by atoms with Crippen molar-refractivity contribution in [2.75, 3.05) is 33.1 Å². The standard InChI is InChI=1S/C19H19N3O4/c1-22(2)19(24)14-5-7-15(8-6-14)21-18(23)12-26-16-9-4-13(11-20)10-17(16)25-3/h4-10H,12H2,1-3H3,(H,21,23). The van der Waals surface area contributed by atoms with E-state index in [1.54, 1.807) is 50.5 Å². The number of amides is 2. The van der Waals surface area contributed by atoms with Crippen LogP contribution in [0.1, 0.15) is 15.9 Å². The monoisotopic (exact) mass is 353 g/mol. The molecule has 134 valence electrons. The highest BCUT2D eigenvalue weighted by molar-refractivity contribution is 5.95. The number of hydrogen-bond donors (Lipinski definition) is 1. The molecule has 0 aromatic heterocycles. The van der Waals surface area contributed by atoms with Crippen molar-refractivity contribution in [1.82, 2.24) is 4.90 Å². The largest absolute Gasteiger partial charge is 0.493 e. The van der Waals surface area contributed by atoms with Gasteiger partial charge in [0, 0.05) is 31.4 Å². The first-order valence-electron chi connectivity index (χ1n) is 7.77. The molecule has 1 N–H and O–H groups in total. The van der Waals surface area contributed by atoms with Gasteiger partial charge in [0.05, 0.1) is 18.7 Å². The number of hydrogen-bond acceptors (Lipinski definition) is 5. The second-order valence-electron chi connectivity index (χ2n) is 5.59. The highest BCUT2D eigenvalue weighted by atomic mass is 16.5. The summed E-state index contributed by atoms with van der Waals surface area (Å²) >= 11 is 0. The lowest BCUT2D eigenvalue weighted by Gasteiger charge is -2.12. The van der Waals surface area contributed by atoms with Gasteiger partial charge in [-0.15, -0.1) is 0 Å². The van der Waals surface area contributed by atoms with E-state index in [1.165, 1.54) is 18.1 Å². The summed E-state index contributed by atoms with van der Waals surface area (Å²) in [5.41, 5.74) is 1.53. The maximum atomic E-state index is 12.0. The normalized spacial score (nSPS) is 9.77. The molecule has 2 aromatic rings. The summed E-state index contributed by atoms with van der Waals surface area (Å²) in [4.78, 5) is 25.3. The number of anilines is 1. The number of methoxy groups -OCH3 is 1. The SMILES string of the molecule is COc1cc(C#N)ccc1OCC(=O)Nc1ccc(C(=O)N(C)C)cc1. The molecule has 0 radical (unpaired) electrons. The van der Waals surface area contributed by atoms with Gasteiger partial charge >= 0.3 is 0 Å². The summed E-state index contributed by atoms with van der Waals surface area (Å²) in [6, 6.07) is 13.3. The Kier molecular flexibility index (Phi) is 6.17. The molecule has 0 saturated heterocycles. The number of nitrogens with one attached hydrogen (secondary N) is 1. The van der Waals surface area contributed by atoms with Crippen LogP contribution in [0, 0.1) is 11.3 Å². The lowest BCUT2D eigenvalue weighted by molar-refractivity contribution is -0.118. The first-order chi connectivity index (χ1) is 12.4. The van der Waals surface area contributed by atoms with E-state index >= 15 is 0 Å². The number of ether oxygens (including phenoxy) is 2. The van der Waals surface area contributed by atoms with E-state index in [1.807, 2.05) is 6.07 Å². The van der Waals surface area contributed by atoms with E-state index < -0.39 is 0 Å². The van der Waals surface area contributed by atoms with Crippen molar-refractivity contribution in [2.24, 2.45) is 0 Å². The third-order valence-electron chi connectivity index (χ3n) is 3.47. The van der Waals surface area contributed by atoms with E-state index in [2.05, 4.69) is 5.32 Å². The van der Waals surface area contributed by atoms with Crippen molar-refractivity contribution in [1.29, 1.82) is 5.26 Å². The molecule has 0 aliphatic heterocycles. The summed E-state index contributed by atoms with van der Waals surface area (Å²) in [6.45, 7) is -0.222. The number of rotatable bonds is 6. The molecule has 7 nitrogen and oxygen atoms in total. The summed E-state index contributed by atoms with van der Waals surface area (Å²) in [7, 11) is 4.81. The highest BCUT2D eigenvalue weighted by Crippen LogP contribution is 2.27. The number of nitrogens with zero attached hydrogens (tertiary/aromatic N) is 2. The fourth-order valence-electron chi connectivity index (χ4n) is 2.15. The molecule has 0 fully saturated rings. The molecule has 0 unspecified atom stereocenters. The Morgan fingerprint density at radius 3 is 2.38 bits per heavy atom. The van der Waals surface area contributed by atoms with Gasteiger partial charge in [-0.25, -0.2) is 0 Å². The lowest BCUT2D eigenvalue weighted by Crippen LogP contribution is -2.22. The van der Waals surface area contributed by atoms with E-state index in [9.17, 15) is 9.59 Å². The van der Waals surface area contributed by atoms with Crippen LogP contribution in [-0.2, 0) is 4.79 Å². The van der Waals surface area contributed by atoms with Crippen LogP contribution in [-0.4, -0.2) is 44.5 Å². The fourth-order valence-corrected chi connectivity index (χ4v) is 2.15. The second-order valence-corrected chi connectivity index (χ2v) is 5.59. The van der Waals surface area contributed by atoms with E-state index in [0.29, 0.717) is 28.3 Å². The van der Waals surface area contributed by atoms with Gasteiger partial charge < -0.3 is 19.7 Å². The summed E-state index contributed by atoms with van der Waals surface area (Å²) < 4.78 is 10.6. The van der Waals surface area contributed by atoms with Crippen LogP contribution in [0.3, 0.4) is 0 Å². The number of carbonyl (C=O) groups is 2. The van der Waals surface area contributed by atoms with Crippen LogP contribution in [0.15, 0.2) is 42.5 Å². The van der Waals surface area contributed by atoms with Gasteiger partial charge in [0.25, 0.3) is 11.8 Å². The Balaban J connectivity index is 1.95. The van der Waals surface area contributed by atoms with Crippen LogP contribution in [0.5, 0.6) is 11.5 Å². The summed E-state index contributed by atoms with van der Waals surface area (Å²) in [6.07, 6.45) is 0. The van der Waals surface area contributed by atoms with Gasteiger partial charge in [-0.05, 0) is 36.4 Å². The zero-order valence-electron chi connectivity index (χ0n) is 14.8. The molecule has 2 aromatic carbocycles. The Hall–Kier alpha value is -3.53. The Labute approximate surface area is 151 Å². The van der Waals surface area contributed by atoms with Crippen LogP contribution >= 0.6 is 0 Å². The molecule has 0 spiro atoms. The van der Waals surface area contributed by atoms with Crippen LogP contribution in [0.2, 0.25) is 0 Å². The predicted octanol–water partition coefficient (Wildman–Crippen LogP) is 2.29. The molecule has 0 atom stereocenters. The topological polar surface area (TPSA) is 91.7 Å². The molecule has 0 aliphatic carbocycles. The summed E-state index contributed by atoms with van der Waals surface area (Å²) in [5, 5.41) is 11.6. The molecular formula is C19H19N3O4. The maximum Gasteiger partial charge on any atom is 0.262 e. The van der Waals surface area contributed by atoms with E-state index in [0.717, 1.165) is 0 Å².